The summed E-state index contributed by atoms with van der Waals surface area (Å²) in [7, 11) is 0. The molecule has 1 heterocycles. The highest BCUT2D eigenvalue weighted by Crippen LogP contribution is 2.26. The van der Waals surface area contributed by atoms with E-state index in [0.29, 0.717) is 0 Å². The molecule has 0 aliphatic rings. The molecule has 0 saturated carbocycles. The summed E-state index contributed by atoms with van der Waals surface area (Å²) >= 11 is 0. The molecule has 7 heteroatoms. The molecular formula is C12H8FNO5. The van der Waals surface area contributed by atoms with Gasteiger partial charge in [-0.2, -0.15) is 0 Å². The lowest BCUT2D eigenvalue weighted by molar-refractivity contribution is 0.0650. The molecule has 19 heavy (non-hydrogen) atoms. The van der Waals surface area contributed by atoms with Gasteiger partial charge in [0.05, 0.1) is 5.56 Å². The fourth-order valence-electron chi connectivity index (χ4n) is 1.60. The zero-order valence-electron chi connectivity index (χ0n) is 9.68. The molecule has 0 fully saturated rings. The third-order valence-corrected chi connectivity index (χ3v) is 2.54. The van der Waals surface area contributed by atoms with Crippen LogP contribution in [-0.2, 0) is 0 Å². The van der Waals surface area contributed by atoms with E-state index in [1.165, 1.54) is 6.92 Å². The Balaban J connectivity index is 2.57. The lowest BCUT2D eigenvalue weighted by atomic mass is 10.0. The number of nitrogens with zero attached hydrogens (tertiary/aromatic N) is 1. The van der Waals surface area contributed by atoms with Crippen molar-refractivity contribution in [1.29, 1.82) is 0 Å². The number of hydrogen-bond acceptors (Lipinski definition) is 4. The minimum atomic E-state index is -1.34. The number of aryl methyl sites for hydroxylation is 1. The first-order valence-electron chi connectivity index (χ1n) is 5.14. The molecule has 0 aliphatic carbocycles. The number of aromatic nitrogens is 1. The second kappa shape index (κ2) is 4.52. The van der Waals surface area contributed by atoms with Gasteiger partial charge in [0.25, 0.3) is 0 Å². The average molecular weight is 265 g/mol. The molecule has 1 aromatic carbocycles. The maximum absolute atomic E-state index is 13.8. The zero-order valence-corrected chi connectivity index (χ0v) is 9.68. The number of carboxylic acid groups (broad SMARTS) is 2. The van der Waals surface area contributed by atoms with Gasteiger partial charge in [-0.3, -0.25) is 0 Å². The van der Waals surface area contributed by atoms with Crippen LogP contribution in [0.5, 0.6) is 0 Å². The van der Waals surface area contributed by atoms with Crippen LogP contribution in [0.15, 0.2) is 22.7 Å². The van der Waals surface area contributed by atoms with Gasteiger partial charge in [0.15, 0.2) is 0 Å². The minimum Gasteiger partial charge on any atom is -0.478 e. The van der Waals surface area contributed by atoms with Crippen LogP contribution >= 0.6 is 0 Å². The third kappa shape index (κ3) is 2.30. The number of aromatic carboxylic acids is 2. The Hall–Kier alpha value is -2.70. The van der Waals surface area contributed by atoms with Crippen LogP contribution in [0.2, 0.25) is 0 Å². The van der Waals surface area contributed by atoms with E-state index in [1.54, 1.807) is 0 Å². The largest absolute Gasteiger partial charge is 0.478 e. The second-order valence-electron chi connectivity index (χ2n) is 3.83. The van der Waals surface area contributed by atoms with Gasteiger partial charge in [-0.25, -0.2) is 14.0 Å². The molecular weight excluding hydrogens is 257 g/mol. The molecule has 0 spiro atoms. The average Bonchev–Trinajstić information content (AvgIpc) is 2.77. The van der Waals surface area contributed by atoms with Crippen molar-refractivity contribution in [3.63, 3.8) is 0 Å². The first-order chi connectivity index (χ1) is 8.90. The molecule has 1 aromatic heterocycles. The highest BCUT2D eigenvalue weighted by atomic mass is 19.1. The van der Waals surface area contributed by atoms with E-state index >= 15 is 0 Å². The van der Waals surface area contributed by atoms with E-state index in [-0.39, 0.29) is 22.4 Å². The molecule has 0 amide bonds. The van der Waals surface area contributed by atoms with Crippen LogP contribution in [0.1, 0.15) is 26.5 Å². The van der Waals surface area contributed by atoms with Crippen molar-refractivity contribution < 1.29 is 28.7 Å². The number of rotatable bonds is 3. The van der Waals surface area contributed by atoms with E-state index in [2.05, 4.69) is 9.68 Å². The Morgan fingerprint density at radius 3 is 2.42 bits per heavy atom. The van der Waals surface area contributed by atoms with E-state index in [4.69, 9.17) is 10.2 Å². The molecule has 6 nitrogen and oxygen atoms in total. The van der Waals surface area contributed by atoms with Crippen LogP contribution in [-0.4, -0.2) is 27.3 Å². The lowest BCUT2D eigenvalue weighted by Gasteiger charge is -2.04. The lowest BCUT2D eigenvalue weighted by Crippen LogP contribution is -2.01. The van der Waals surface area contributed by atoms with Gasteiger partial charge in [-0.15, -0.1) is 0 Å². The van der Waals surface area contributed by atoms with E-state index in [0.717, 1.165) is 18.2 Å². The second-order valence-corrected chi connectivity index (χ2v) is 3.83. The maximum atomic E-state index is 13.8. The smallest absolute Gasteiger partial charge is 0.374 e. The van der Waals surface area contributed by atoms with Crippen LogP contribution in [0, 0.1) is 12.7 Å². The van der Waals surface area contributed by atoms with Gasteiger partial charge < -0.3 is 14.7 Å². The Labute approximate surface area is 106 Å². The summed E-state index contributed by atoms with van der Waals surface area (Å²) in [5.74, 6) is -3.70. The van der Waals surface area contributed by atoms with E-state index in [9.17, 15) is 14.0 Å². The topological polar surface area (TPSA) is 101 Å². The van der Waals surface area contributed by atoms with Crippen LogP contribution in [0.25, 0.3) is 11.3 Å². The molecule has 0 bridgehead atoms. The predicted molar refractivity (Wildman–Crippen MR) is 60.6 cm³/mol. The van der Waals surface area contributed by atoms with E-state index in [1.807, 2.05) is 0 Å². The summed E-state index contributed by atoms with van der Waals surface area (Å²) in [6.45, 7) is 1.46. The summed E-state index contributed by atoms with van der Waals surface area (Å²) in [6.07, 6.45) is 0. The zero-order chi connectivity index (χ0) is 14.2. The fraction of sp³-hybridized carbons (Fsp3) is 0.0833. The van der Waals surface area contributed by atoms with Crippen molar-refractivity contribution in [2.45, 2.75) is 6.92 Å². The third-order valence-electron chi connectivity index (χ3n) is 2.54. The standard InChI is InChI=1S/C12H8FNO5/c1-5-2-8(13)7(3-6(5)11(15)16)9-4-10(12(17)18)19-14-9/h2-4H,1H3,(H,15,16)(H,17,18). The SMILES string of the molecule is Cc1cc(F)c(-c2cc(C(=O)O)on2)cc1C(=O)O. The predicted octanol–water partition coefficient (Wildman–Crippen LogP) is 2.19. The van der Waals surface area contributed by atoms with Crippen molar-refractivity contribution in [2.24, 2.45) is 0 Å². The van der Waals surface area contributed by atoms with Gasteiger partial charge in [0, 0.05) is 11.6 Å². The van der Waals surface area contributed by atoms with Crippen molar-refractivity contribution in [2.75, 3.05) is 0 Å². The Bertz CT molecular complexity index is 677. The number of hydrogen-bond donors (Lipinski definition) is 2. The molecule has 2 N–H and O–H groups in total. The molecule has 0 atom stereocenters. The molecule has 0 unspecified atom stereocenters. The minimum absolute atomic E-state index is 0.0719. The van der Waals surface area contributed by atoms with Crippen molar-refractivity contribution in [3.8, 4) is 11.3 Å². The summed E-state index contributed by atoms with van der Waals surface area (Å²) in [5.41, 5.74) is -0.0244. The highest BCUT2D eigenvalue weighted by molar-refractivity contribution is 5.91. The summed E-state index contributed by atoms with van der Waals surface area (Å²) in [5, 5.41) is 21.1. The molecule has 0 radical (unpaired) electrons. The summed E-state index contributed by atoms with van der Waals surface area (Å²) in [4.78, 5) is 21.6. The van der Waals surface area contributed by atoms with Crippen LogP contribution in [0.3, 0.4) is 0 Å². The fourth-order valence-corrected chi connectivity index (χ4v) is 1.60. The van der Waals surface area contributed by atoms with Crippen molar-refractivity contribution in [3.05, 3.63) is 40.9 Å². The normalized spacial score (nSPS) is 10.4. The first-order valence-corrected chi connectivity index (χ1v) is 5.14. The molecule has 0 saturated heterocycles. The number of halogens is 1. The quantitative estimate of drug-likeness (QED) is 0.882. The van der Waals surface area contributed by atoms with Crippen molar-refractivity contribution >= 4 is 11.9 Å². The van der Waals surface area contributed by atoms with Gasteiger partial charge in [-0.1, -0.05) is 5.16 Å². The molecule has 2 aromatic rings. The highest BCUT2D eigenvalue weighted by Gasteiger charge is 2.18. The van der Waals surface area contributed by atoms with E-state index < -0.39 is 23.5 Å². The van der Waals surface area contributed by atoms with Crippen LogP contribution in [0.4, 0.5) is 4.39 Å². The van der Waals surface area contributed by atoms with Gasteiger partial charge >= 0.3 is 11.9 Å². The summed E-state index contributed by atoms with van der Waals surface area (Å²) < 4.78 is 18.3. The summed E-state index contributed by atoms with van der Waals surface area (Å²) in [6, 6.07) is 3.17. The monoisotopic (exact) mass is 265 g/mol. The number of benzene rings is 1. The Kier molecular flexibility index (Phi) is 3.04. The van der Waals surface area contributed by atoms with Crippen LogP contribution < -0.4 is 0 Å². The van der Waals surface area contributed by atoms with Gasteiger partial charge in [-0.05, 0) is 24.6 Å². The maximum Gasteiger partial charge on any atom is 0.374 e. The van der Waals surface area contributed by atoms with Crippen molar-refractivity contribution in [1.82, 2.24) is 5.16 Å². The number of carbonyl (C=O) groups is 2. The number of carboxylic acids is 2. The molecule has 0 aliphatic heterocycles. The first kappa shape index (κ1) is 12.7. The van der Waals surface area contributed by atoms with Gasteiger partial charge in [0.1, 0.15) is 11.5 Å². The Morgan fingerprint density at radius 1 is 1.21 bits per heavy atom. The molecule has 98 valence electrons. The Morgan fingerprint density at radius 2 is 1.89 bits per heavy atom. The van der Waals surface area contributed by atoms with Gasteiger partial charge in [0.2, 0.25) is 5.76 Å². The molecule has 2 rings (SSSR count).